The number of benzene rings is 1. The van der Waals surface area contributed by atoms with Gasteiger partial charge in [-0.15, -0.1) is 0 Å². The molecule has 1 heterocycles. The number of hydrogen-bond acceptors (Lipinski definition) is 4. The molecule has 2 rings (SSSR count). The van der Waals surface area contributed by atoms with Gasteiger partial charge in [-0.25, -0.2) is 0 Å². The molecule has 0 amide bonds. The predicted octanol–water partition coefficient (Wildman–Crippen LogP) is 1.96. The molecule has 1 aliphatic rings. The van der Waals surface area contributed by atoms with Crippen LogP contribution < -0.4 is 19.5 Å². The van der Waals surface area contributed by atoms with Crippen LogP contribution in [0.25, 0.3) is 0 Å². The molecule has 94 valence electrons. The molecule has 0 aliphatic carbocycles. The first-order valence-corrected chi connectivity index (χ1v) is 5.71. The minimum atomic E-state index is -0.259. The molecule has 17 heavy (non-hydrogen) atoms. The summed E-state index contributed by atoms with van der Waals surface area (Å²) >= 11 is 0. The van der Waals surface area contributed by atoms with Gasteiger partial charge < -0.3 is 19.5 Å². The zero-order chi connectivity index (χ0) is 12.5. The summed E-state index contributed by atoms with van der Waals surface area (Å²) in [4.78, 5) is 0. The van der Waals surface area contributed by atoms with Crippen molar-refractivity contribution in [1.29, 1.82) is 0 Å². The molecular formula is C13H19NO3. The maximum absolute atomic E-state index is 6.04. The van der Waals surface area contributed by atoms with Crippen LogP contribution in [0, 0.1) is 0 Å². The van der Waals surface area contributed by atoms with E-state index in [2.05, 4.69) is 5.32 Å². The average molecular weight is 237 g/mol. The Morgan fingerprint density at radius 1 is 1.24 bits per heavy atom. The van der Waals surface area contributed by atoms with Crippen LogP contribution in [0.3, 0.4) is 0 Å². The molecule has 0 atom stereocenters. The third-order valence-corrected chi connectivity index (χ3v) is 2.83. The van der Waals surface area contributed by atoms with Crippen molar-refractivity contribution in [2.45, 2.75) is 26.0 Å². The highest BCUT2D eigenvalue weighted by molar-refractivity contribution is 5.56. The number of fused-ring (bicyclic) bond motifs is 1. The predicted molar refractivity (Wildman–Crippen MR) is 66.0 cm³/mol. The van der Waals surface area contributed by atoms with Gasteiger partial charge in [0.1, 0.15) is 5.60 Å². The number of nitrogens with one attached hydrogen (secondary N) is 1. The minimum absolute atomic E-state index is 0.259. The van der Waals surface area contributed by atoms with Crippen LogP contribution in [-0.4, -0.2) is 26.4 Å². The Morgan fingerprint density at radius 2 is 2.00 bits per heavy atom. The first kappa shape index (κ1) is 12.0. The first-order chi connectivity index (χ1) is 8.07. The van der Waals surface area contributed by atoms with Gasteiger partial charge in [0.15, 0.2) is 11.5 Å². The number of hydrogen-bond donors (Lipinski definition) is 1. The fourth-order valence-electron chi connectivity index (χ4n) is 2.00. The van der Waals surface area contributed by atoms with Gasteiger partial charge >= 0.3 is 0 Å². The van der Waals surface area contributed by atoms with Gasteiger partial charge in [0.2, 0.25) is 5.75 Å². The normalized spacial score (nSPS) is 17.6. The summed E-state index contributed by atoms with van der Waals surface area (Å²) in [7, 11) is 3.26. The molecule has 0 spiro atoms. The minimum Gasteiger partial charge on any atom is -0.493 e. The maximum Gasteiger partial charge on any atom is 0.203 e. The van der Waals surface area contributed by atoms with Gasteiger partial charge in [0.05, 0.1) is 14.2 Å². The van der Waals surface area contributed by atoms with E-state index in [0.717, 1.165) is 24.4 Å². The zero-order valence-electron chi connectivity index (χ0n) is 10.8. The summed E-state index contributed by atoms with van der Waals surface area (Å²) in [5.74, 6) is 2.15. The molecule has 1 aliphatic heterocycles. The number of ether oxygens (including phenoxy) is 3. The highest BCUT2D eigenvalue weighted by atomic mass is 16.5. The standard InChI is InChI=1S/C13H19NO3/c1-13(2)8-14-7-9-5-6-10(15-3)12(16-4)11(9)17-13/h5-6,14H,7-8H2,1-4H3. The quantitative estimate of drug-likeness (QED) is 0.853. The fourth-order valence-corrected chi connectivity index (χ4v) is 2.00. The highest BCUT2D eigenvalue weighted by Crippen LogP contribution is 2.42. The maximum atomic E-state index is 6.04. The molecule has 0 fully saturated rings. The van der Waals surface area contributed by atoms with Crippen molar-refractivity contribution in [2.75, 3.05) is 20.8 Å². The molecule has 0 bridgehead atoms. The molecule has 4 nitrogen and oxygen atoms in total. The topological polar surface area (TPSA) is 39.7 Å². The van der Waals surface area contributed by atoms with Crippen molar-refractivity contribution in [2.24, 2.45) is 0 Å². The van der Waals surface area contributed by atoms with Gasteiger partial charge in [0, 0.05) is 18.7 Å². The van der Waals surface area contributed by atoms with Gasteiger partial charge in [-0.2, -0.15) is 0 Å². The van der Waals surface area contributed by atoms with Crippen LogP contribution >= 0.6 is 0 Å². The van der Waals surface area contributed by atoms with E-state index in [0.29, 0.717) is 11.5 Å². The molecular weight excluding hydrogens is 218 g/mol. The van der Waals surface area contributed by atoms with E-state index < -0.39 is 0 Å². The van der Waals surface area contributed by atoms with Crippen LogP contribution in [0.2, 0.25) is 0 Å². The van der Waals surface area contributed by atoms with Crippen molar-refractivity contribution in [1.82, 2.24) is 5.32 Å². The second-order valence-electron chi connectivity index (χ2n) is 4.75. The Hall–Kier alpha value is -1.42. The third kappa shape index (κ3) is 2.31. The average Bonchev–Trinajstić information content (AvgIpc) is 2.44. The summed E-state index contributed by atoms with van der Waals surface area (Å²) in [5, 5.41) is 3.36. The zero-order valence-corrected chi connectivity index (χ0v) is 10.8. The van der Waals surface area contributed by atoms with Crippen molar-refractivity contribution in [3.05, 3.63) is 17.7 Å². The molecule has 0 saturated carbocycles. The van der Waals surface area contributed by atoms with Crippen LogP contribution in [0.4, 0.5) is 0 Å². The Morgan fingerprint density at radius 3 is 2.65 bits per heavy atom. The van der Waals surface area contributed by atoms with Crippen LogP contribution in [-0.2, 0) is 6.54 Å². The first-order valence-electron chi connectivity index (χ1n) is 5.71. The van der Waals surface area contributed by atoms with E-state index in [1.54, 1.807) is 14.2 Å². The molecule has 0 aromatic heterocycles. The third-order valence-electron chi connectivity index (χ3n) is 2.83. The number of rotatable bonds is 2. The Labute approximate surface area is 102 Å². The Balaban J connectivity index is 2.51. The van der Waals surface area contributed by atoms with Gasteiger partial charge in [-0.3, -0.25) is 0 Å². The Kier molecular flexibility index (Phi) is 3.15. The molecule has 1 aromatic rings. The SMILES string of the molecule is COc1ccc2c(c1OC)OC(C)(C)CNC2. The second-order valence-corrected chi connectivity index (χ2v) is 4.75. The summed E-state index contributed by atoms with van der Waals surface area (Å²) in [6.45, 7) is 5.67. The van der Waals surface area contributed by atoms with Gasteiger partial charge in [0.25, 0.3) is 0 Å². The van der Waals surface area contributed by atoms with E-state index >= 15 is 0 Å². The largest absolute Gasteiger partial charge is 0.493 e. The summed E-state index contributed by atoms with van der Waals surface area (Å²) in [6, 6.07) is 3.91. The molecule has 0 radical (unpaired) electrons. The van der Waals surface area contributed by atoms with Gasteiger partial charge in [-0.05, 0) is 19.9 Å². The smallest absolute Gasteiger partial charge is 0.203 e. The van der Waals surface area contributed by atoms with E-state index in [1.165, 1.54) is 0 Å². The molecule has 1 aromatic carbocycles. The lowest BCUT2D eigenvalue weighted by molar-refractivity contribution is 0.110. The van der Waals surface area contributed by atoms with Crippen LogP contribution in [0.1, 0.15) is 19.4 Å². The lowest BCUT2D eigenvalue weighted by Gasteiger charge is -2.25. The van der Waals surface area contributed by atoms with Crippen molar-refractivity contribution in [3.8, 4) is 17.2 Å². The van der Waals surface area contributed by atoms with Crippen LogP contribution in [0.5, 0.6) is 17.2 Å². The number of methoxy groups -OCH3 is 2. The van der Waals surface area contributed by atoms with E-state index in [1.807, 2.05) is 26.0 Å². The van der Waals surface area contributed by atoms with E-state index in [9.17, 15) is 0 Å². The Bertz CT molecular complexity index is 415. The summed E-state index contributed by atoms with van der Waals surface area (Å²) in [6.07, 6.45) is 0. The molecule has 0 unspecified atom stereocenters. The molecule has 4 heteroatoms. The van der Waals surface area contributed by atoms with Crippen molar-refractivity contribution >= 4 is 0 Å². The lowest BCUT2D eigenvalue weighted by atomic mass is 10.1. The van der Waals surface area contributed by atoms with E-state index in [-0.39, 0.29) is 5.60 Å². The summed E-state index contributed by atoms with van der Waals surface area (Å²) in [5.41, 5.74) is 0.832. The fraction of sp³-hybridized carbons (Fsp3) is 0.538. The van der Waals surface area contributed by atoms with E-state index in [4.69, 9.17) is 14.2 Å². The second kappa shape index (κ2) is 4.45. The summed E-state index contributed by atoms with van der Waals surface area (Å²) < 4.78 is 16.7. The van der Waals surface area contributed by atoms with Crippen molar-refractivity contribution in [3.63, 3.8) is 0 Å². The van der Waals surface area contributed by atoms with Gasteiger partial charge in [-0.1, -0.05) is 6.07 Å². The molecule has 1 N–H and O–H groups in total. The van der Waals surface area contributed by atoms with Crippen molar-refractivity contribution < 1.29 is 14.2 Å². The highest BCUT2D eigenvalue weighted by Gasteiger charge is 2.28. The van der Waals surface area contributed by atoms with Crippen LogP contribution in [0.15, 0.2) is 12.1 Å². The lowest BCUT2D eigenvalue weighted by Crippen LogP contribution is -2.37. The monoisotopic (exact) mass is 237 g/mol. The molecule has 0 saturated heterocycles.